The van der Waals surface area contributed by atoms with E-state index in [0.29, 0.717) is 10.4 Å². The molecule has 2 aromatic heterocycles. The molecule has 0 aliphatic carbocycles. The van der Waals surface area contributed by atoms with Crippen molar-refractivity contribution in [3.8, 4) is 0 Å². The number of hydrogen-bond acceptors (Lipinski definition) is 5. The van der Waals surface area contributed by atoms with Crippen LogP contribution >= 0.6 is 34.3 Å². The Morgan fingerprint density at radius 1 is 1.12 bits per heavy atom. The van der Waals surface area contributed by atoms with Crippen LogP contribution in [0.3, 0.4) is 0 Å². The number of halogens is 1. The van der Waals surface area contributed by atoms with E-state index >= 15 is 0 Å². The standard InChI is InChI=1S/C16H12ClNO3S3/c17-13-3-1-2-4-15(13)24(20,21)18-9-12-5-6-14(23-12)16(19)11-7-8-22-10-11/h1-8,10,18H,9H2. The maximum atomic E-state index is 12.3. The third-order valence-electron chi connectivity index (χ3n) is 3.23. The number of sulfonamides is 1. The van der Waals surface area contributed by atoms with E-state index in [0.717, 1.165) is 4.88 Å². The van der Waals surface area contributed by atoms with Crippen LogP contribution < -0.4 is 4.72 Å². The molecule has 0 aliphatic rings. The van der Waals surface area contributed by atoms with Crippen molar-refractivity contribution in [3.63, 3.8) is 0 Å². The van der Waals surface area contributed by atoms with Gasteiger partial charge in [0.1, 0.15) is 4.90 Å². The summed E-state index contributed by atoms with van der Waals surface area (Å²) >= 11 is 8.67. The van der Waals surface area contributed by atoms with Gasteiger partial charge < -0.3 is 0 Å². The van der Waals surface area contributed by atoms with Crippen LogP contribution in [0.4, 0.5) is 0 Å². The third kappa shape index (κ3) is 3.76. The molecule has 3 rings (SSSR count). The number of rotatable bonds is 6. The van der Waals surface area contributed by atoms with Crippen LogP contribution in [-0.4, -0.2) is 14.2 Å². The number of carbonyl (C=O) groups is 1. The van der Waals surface area contributed by atoms with Gasteiger partial charge in [0, 0.05) is 22.4 Å². The van der Waals surface area contributed by atoms with Crippen molar-refractivity contribution in [2.45, 2.75) is 11.4 Å². The smallest absolute Gasteiger partial charge is 0.242 e. The van der Waals surface area contributed by atoms with Gasteiger partial charge in [0.15, 0.2) is 0 Å². The number of carbonyl (C=O) groups excluding carboxylic acids is 1. The van der Waals surface area contributed by atoms with Crippen molar-refractivity contribution in [1.82, 2.24) is 4.72 Å². The summed E-state index contributed by atoms with van der Waals surface area (Å²) in [6.07, 6.45) is 0. The molecule has 8 heteroatoms. The maximum absolute atomic E-state index is 12.3. The summed E-state index contributed by atoms with van der Waals surface area (Å²) in [5, 5.41) is 3.81. The van der Waals surface area contributed by atoms with Crippen LogP contribution in [0.2, 0.25) is 5.02 Å². The molecule has 124 valence electrons. The molecule has 3 aromatic rings. The number of ketones is 1. The molecular weight excluding hydrogens is 386 g/mol. The van der Waals surface area contributed by atoms with Crippen LogP contribution in [0.5, 0.6) is 0 Å². The van der Waals surface area contributed by atoms with Crippen LogP contribution in [0.15, 0.2) is 58.1 Å². The molecule has 1 N–H and O–H groups in total. The molecule has 0 aliphatic heterocycles. The lowest BCUT2D eigenvalue weighted by molar-refractivity contribution is 0.104. The zero-order valence-electron chi connectivity index (χ0n) is 12.2. The molecule has 24 heavy (non-hydrogen) atoms. The van der Waals surface area contributed by atoms with Crippen molar-refractivity contribution < 1.29 is 13.2 Å². The van der Waals surface area contributed by atoms with Crippen molar-refractivity contribution in [3.05, 3.63) is 73.6 Å². The zero-order valence-corrected chi connectivity index (χ0v) is 15.4. The fraction of sp³-hybridized carbons (Fsp3) is 0.0625. The first-order chi connectivity index (χ1) is 11.5. The molecule has 0 amide bonds. The molecule has 0 atom stereocenters. The highest BCUT2D eigenvalue weighted by atomic mass is 35.5. The highest BCUT2D eigenvalue weighted by molar-refractivity contribution is 7.89. The molecule has 0 spiro atoms. The Morgan fingerprint density at radius 3 is 2.62 bits per heavy atom. The van der Waals surface area contributed by atoms with E-state index in [1.165, 1.54) is 34.8 Å². The first kappa shape index (κ1) is 17.3. The highest BCUT2D eigenvalue weighted by Gasteiger charge is 2.18. The molecule has 2 heterocycles. The van der Waals surface area contributed by atoms with Gasteiger partial charge in [0.25, 0.3) is 0 Å². The van der Waals surface area contributed by atoms with Gasteiger partial charge in [-0.05, 0) is 35.7 Å². The van der Waals surface area contributed by atoms with Crippen molar-refractivity contribution in [2.75, 3.05) is 0 Å². The molecule has 0 radical (unpaired) electrons. The number of thiophene rings is 2. The normalized spacial score (nSPS) is 11.5. The fourth-order valence-electron chi connectivity index (χ4n) is 2.04. The Hall–Kier alpha value is -1.51. The third-order valence-corrected chi connectivity index (χ3v) is 6.90. The number of hydrogen-bond donors (Lipinski definition) is 1. The van der Waals surface area contributed by atoms with Crippen LogP contribution in [0.1, 0.15) is 20.1 Å². The van der Waals surface area contributed by atoms with Gasteiger partial charge in [-0.15, -0.1) is 11.3 Å². The van der Waals surface area contributed by atoms with Gasteiger partial charge >= 0.3 is 0 Å². The quantitative estimate of drug-likeness (QED) is 0.635. The first-order valence-corrected chi connectivity index (χ1v) is 10.5. The second-order valence-corrected chi connectivity index (χ2v) is 8.95. The van der Waals surface area contributed by atoms with Gasteiger partial charge in [-0.1, -0.05) is 23.7 Å². The van der Waals surface area contributed by atoms with Crippen molar-refractivity contribution in [2.24, 2.45) is 0 Å². The number of benzene rings is 1. The summed E-state index contributed by atoms with van der Waals surface area (Å²) in [4.78, 5) is 13.6. The van der Waals surface area contributed by atoms with E-state index in [9.17, 15) is 13.2 Å². The molecule has 0 saturated heterocycles. The Labute approximate surface area is 152 Å². The van der Waals surface area contributed by atoms with Gasteiger partial charge in [0.2, 0.25) is 15.8 Å². The van der Waals surface area contributed by atoms with Gasteiger partial charge in [-0.3, -0.25) is 4.79 Å². The molecule has 4 nitrogen and oxygen atoms in total. The molecule has 0 bridgehead atoms. The molecule has 1 aromatic carbocycles. The van der Waals surface area contributed by atoms with E-state index in [4.69, 9.17) is 11.6 Å². The molecule has 0 unspecified atom stereocenters. The average molecular weight is 398 g/mol. The SMILES string of the molecule is O=C(c1ccsc1)c1ccc(CNS(=O)(=O)c2ccccc2Cl)s1. The van der Waals surface area contributed by atoms with Gasteiger partial charge in [0.05, 0.1) is 9.90 Å². The van der Waals surface area contributed by atoms with Crippen molar-refractivity contribution >= 4 is 50.1 Å². The summed E-state index contributed by atoms with van der Waals surface area (Å²) < 4.78 is 27.1. The first-order valence-electron chi connectivity index (χ1n) is 6.87. The highest BCUT2D eigenvalue weighted by Crippen LogP contribution is 2.23. The van der Waals surface area contributed by atoms with E-state index in [1.807, 2.05) is 5.38 Å². The second kappa shape index (κ2) is 7.16. The second-order valence-electron chi connectivity index (χ2n) is 4.86. The minimum Gasteiger partial charge on any atom is -0.288 e. The van der Waals surface area contributed by atoms with E-state index in [2.05, 4.69) is 4.72 Å². The van der Waals surface area contributed by atoms with Gasteiger partial charge in [-0.2, -0.15) is 11.3 Å². The lowest BCUT2D eigenvalue weighted by Crippen LogP contribution is -2.23. The maximum Gasteiger partial charge on any atom is 0.242 e. The van der Waals surface area contributed by atoms with Crippen LogP contribution in [0, 0.1) is 0 Å². The minimum absolute atomic E-state index is 0.0396. The summed E-state index contributed by atoms with van der Waals surface area (Å²) in [7, 11) is -3.70. The van der Waals surface area contributed by atoms with Crippen LogP contribution in [0.25, 0.3) is 0 Å². The Kier molecular flexibility index (Phi) is 5.17. The summed E-state index contributed by atoms with van der Waals surface area (Å²) in [6.45, 7) is 0.106. The average Bonchev–Trinajstić information content (AvgIpc) is 3.24. The largest absolute Gasteiger partial charge is 0.288 e. The molecule has 0 fully saturated rings. The number of nitrogens with one attached hydrogen (secondary N) is 1. The van der Waals surface area contributed by atoms with Crippen molar-refractivity contribution in [1.29, 1.82) is 0 Å². The molecular formula is C16H12ClNO3S3. The van der Waals surface area contributed by atoms with Crippen LogP contribution in [-0.2, 0) is 16.6 Å². The minimum atomic E-state index is -3.70. The van der Waals surface area contributed by atoms with E-state index in [1.54, 1.807) is 35.7 Å². The monoisotopic (exact) mass is 397 g/mol. The lowest BCUT2D eigenvalue weighted by atomic mass is 10.2. The summed E-state index contributed by atoms with van der Waals surface area (Å²) in [6, 6.07) is 11.5. The predicted molar refractivity (Wildman–Crippen MR) is 97.5 cm³/mol. The van der Waals surface area contributed by atoms with Gasteiger partial charge in [-0.25, -0.2) is 13.1 Å². The van der Waals surface area contributed by atoms with E-state index in [-0.39, 0.29) is 22.2 Å². The topological polar surface area (TPSA) is 63.2 Å². The summed E-state index contributed by atoms with van der Waals surface area (Å²) in [5.74, 6) is -0.0542. The predicted octanol–water partition coefficient (Wildman–Crippen LogP) is 4.17. The molecule has 0 saturated carbocycles. The van der Waals surface area contributed by atoms with E-state index < -0.39 is 10.0 Å². The Balaban J connectivity index is 1.72. The fourth-order valence-corrected chi connectivity index (χ4v) is 5.20. The lowest BCUT2D eigenvalue weighted by Gasteiger charge is -2.07. The Bertz CT molecular complexity index is 962. The Morgan fingerprint density at radius 2 is 1.92 bits per heavy atom. The zero-order chi connectivity index (χ0) is 17.2. The summed E-state index contributed by atoms with van der Waals surface area (Å²) in [5.41, 5.74) is 0.644.